The molecule has 0 aromatic heterocycles. The van der Waals surface area contributed by atoms with Gasteiger partial charge in [0, 0.05) is 16.0 Å². The van der Waals surface area contributed by atoms with E-state index in [1.807, 2.05) is 41.5 Å². The first-order valence-corrected chi connectivity index (χ1v) is 8.09. The van der Waals surface area contributed by atoms with Gasteiger partial charge in [0.2, 0.25) is 5.91 Å². The predicted octanol–water partition coefficient (Wildman–Crippen LogP) is 2.71. The molecule has 1 aliphatic rings. The van der Waals surface area contributed by atoms with Crippen molar-refractivity contribution in [3.8, 4) is 0 Å². The Hall–Kier alpha value is -0.530. The molecule has 0 aromatic carbocycles. The lowest BCUT2D eigenvalue weighted by Gasteiger charge is -2.30. The molecule has 0 saturated carbocycles. The molecule has 1 fully saturated rings. The molecule has 116 valence electrons. The van der Waals surface area contributed by atoms with Crippen LogP contribution in [-0.4, -0.2) is 44.6 Å². The third-order valence-corrected chi connectivity index (χ3v) is 3.58. The van der Waals surface area contributed by atoms with Gasteiger partial charge in [-0.2, -0.15) is 0 Å². The number of carbonyl (C=O) groups excluding carboxylic acids is 2. The van der Waals surface area contributed by atoms with Crippen LogP contribution < -0.4 is 5.32 Å². The summed E-state index contributed by atoms with van der Waals surface area (Å²) in [6.07, 6.45) is 0.257. The number of ether oxygens (including phenoxy) is 1. The van der Waals surface area contributed by atoms with Gasteiger partial charge in [-0.15, -0.1) is 0 Å². The van der Waals surface area contributed by atoms with Crippen LogP contribution in [0, 0.1) is 0 Å². The highest BCUT2D eigenvalue weighted by atomic mass is 127. The summed E-state index contributed by atoms with van der Waals surface area (Å²) in [6, 6.07) is -0.439. The molecule has 0 aromatic rings. The van der Waals surface area contributed by atoms with Gasteiger partial charge in [0.1, 0.15) is 11.6 Å². The Morgan fingerprint density at radius 3 is 2.20 bits per heavy atom. The van der Waals surface area contributed by atoms with Crippen molar-refractivity contribution in [2.45, 2.75) is 69.1 Å². The first-order valence-electron chi connectivity index (χ1n) is 6.85. The van der Waals surface area contributed by atoms with Crippen molar-refractivity contribution in [1.29, 1.82) is 0 Å². The number of hydrogen-bond donors (Lipinski definition) is 1. The van der Waals surface area contributed by atoms with Gasteiger partial charge >= 0.3 is 6.09 Å². The predicted molar refractivity (Wildman–Crippen MR) is 87.0 cm³/mol. The molecule has 0 aliphatic carbocycles. The van der Waals surface area contributed by atoms with Gasteiger partial charge < -0.3 is 10.1 Å². The number of nitrogens with one attached hydrogen (secondary N) is 1. The zero-order valence-corrected chi connectivity index (χ0v) is 15.3. The van der Waals surface area contributed by atoms with Crippen LogP contribution in [0.5, 0.6) is 0 Å². The van der Waals surface area contributed by atoms with Crippen LogP contribution >= 0.6 is 22.6 Å². The fourth-order valence-electron chi connectivity index (χ4n) is 2.01. The number of hydrogen-bond acceptors (Lipinski definition) is 3. The van der Waals surface area contributed by atoms with Crippen molar-refractivity contribution >= 4 is 34.6 Å². The SMILES string of the molecule is CC(C)(C)NC(=O)[C@@H]1C[C@H](I)CN1C(=O)OC(C)(C)C. The second-order valence-corrected chi connectivity index (χ2v) is 8.98. The molecule has 1 N–H and O–H groups in total. The number of carbonyl (C=O) groups is 2. The summed E-state index contributed by atoms with van der Waals surface area (Å²) in [4.78, 5) is 26.1. The number of halogens is 1. The summed E-state index contributed by atoms with van der Waals surface area (Å²) < 4.78 is 5.66. The lowest BCUT2D eigenvalue weighted by atomic mass is 10.1. The molecule has 0 radical (unpaired) electrons. The van der Waals surface area contributed by atoms with Crippen LogP contribution in [0.4, 0.5) is 4.79 Å². The molecule has 1 rings (SSSR count). The highest BCUT2D eigenvalue weighted by molar-refractivity contribution is 14.1. The molecular formula is C14H25IN2O3. The second kappa shape index (κ2) is 6.07. The quantitative estimate of drug-likeness (QED) is 0.548. The zero-order chi connectivity index (χ0) is 15.7. The number of rotatable bonds is 1. The lowest BCUT2D eigenvalue weighted by molar-refractivity contribution is -0.126. The monoisotopic (exact) mass is 396 g/mol. The Morgan fingerprint density at radius 1 is 1.20 bits per heavy atom. The van der Waals surface area contributed by atoms with Crippen LogP contribution in [0.2, 0.25) is 0 Å². The number of likely N-dealkylation sites (tertiary alicyclic amines) is 1. The minimum Gasteiger partial charge on any atom is -0.444 e. The van der Waals surface area contributed by atoms with Gasteiger partial charge in [-0.3, -0.25) is 9.69 Å². The molecule has 5 nitrogen and oxygen atoms in total. The molecule has 1 heterocycles. The number of nitrogens with zero attached hydrogens (tertiary/aromatic N) is 1. The largest absolute Gasteiger partial charge is 0.444 e. The Kier molecular flexibility index (Phi) is 5.32. The van der Waals surface area contributed by atoms with Crippen LogP contribution in [0.1, 0.15) is 48.0 Å². The average molecular weight is 396 g/mol. The molecule has 2 atom stereocenters. The van der Waals surface area contributed by atoms with Gasteiger partial charge in [-0.1, -0.05) is 22.6 Å². The summed E-state index contributed by atoms with van der Waals surface area (Å²) in [5.41, 5.74) is -0.856. The maximum Gasteiger partial charge on any atom is 0.411 e. The zero-order valence-electron chi connectivity index (χ0n) is 13.1. The summed E-state index contributed by atoms with van der Waals surface area (Å²) >= 11 is 2.27. The van der Waals surface area contributed by atoms with E-state index in [0.29, 0.717) is 13.0 Å². The fraction of sp³-hybridized carbons (Fsp3) is 0.857. The summed E-state index contributed by atoms with van der Waals surface area (Å²) in [5.74, 6) is -0.109. The molecule has 20 heavy (non-hydrogen) atoms. The minimum absolute atomic E-state index is 0.109. The van der Waals surface area contributed by atoms with Crippen molar-refractivity contribution in [3.63, 3.8) is 0 Å². The lowest BCUT2D eigenvalue weighted by Crippen LogP contribution is -2.52. The van der Waals surface area contributed by atoms with Crippen LogP contribution in [0.3, 0.4) is 0 Å². The number of amides is 2. The van der Waals surface area contributed by atoms with Gasteiger partial charge in [-0.05, 0) is 48.0 Å². The van der Waals surface area contributed by atoms with Crippen molar-refractivity contribution in [2.24, 2.45) is 0 Å². The van der Waals surface area contributed by atoms with E-state index in [1.165, 1.54) is 0 Å². The smallest absolute Gasteiger partial charge is 0.411 e. The average Bonchev–Trinajstić information content (AvgIpc) is 2.55. The molecule has 6 heteroatoms. The summed E-state index contributed by atoms with van der Waals surface area (Å²) in [6.45, 7) is 11.8. The van der Waals surface area contributed by atoms with E-state index in [4.69, 9.17) is 4.74 Å². The summed E-state index contributed by atoms with van der Waals surface area (Å²) in [7, 11) is 0. The normalized spacial score (nSPS) is 23.6. The second-order valence-electron chi connectivity index (χ2n) is 7.22. The van der Waals surface area contributed by atoms with Gasteiger partial charge in [-0.25, -0.2) is 4.79 Å². The maximum atomic E-state index is 12.3. The van der Waals surface area contributed by atoms with E-state index in [2.05, 4.69) is 27.9 Å². The highest BCUT2D eigenvalue weighted by Gasteiger charge is 2.41. The van der Waals surface area contributed by atoms with E-state index >= 15 is 0 Å². The first-order chi connectivity index (χ1) is 8.89. The van der Waals surface area contributed by atoms with E-state index in [-0.39, 0.29) is 15.4 Å². The van der Waals surface area contributed by atoms with E-state index in [1.54, 1.807) is 4.90 Å². The third-order valence-electron chi connectivity index (χ3n) is 2.68. The molecule has 0 spiro atoms. The molecule has 0 unspecified atom stereocenters. The van der Waals surface area contributed by atoms with E-state index < -0.39 is 17.7 Å². The van der Waals surface area contributed by atoms with Crippen LogP contribution in [0.25, 0.3) is 0 Å². The fourth-order valence-corrected chi connectivity index (χ4v) is 2.91. The minimum atomic E-state index is -0.550. The Labute approximate surface area is 134 Å². The topological polar surface area (TPSA) is 58.6 Å². The van der Waals surface area contributed by atoms with Crippen LogP contribution in [-0.2, 0) is 9.53 Å². The number of alkyl halides is 1. The van der Waals surface area contributed by atoms with E-state index in [0.717, 1.165) is 0 Å². The van der Waals surface area contributed by atoms with E-state index in [9.17, 15) is 9.59 Å². The van der Waals surface area contributed by atoms with Crippen LogP contribution in [0.15, 0.2) is 0 Å². The van der Waals surface area contributed by atoms with Crippen molar-refractivity contribution < 1.29 is 14.3 Å². The highest BCUT2D eigenvalue weighted by Crippen LogP contribution is 2.26. The molecule has 1 aliphatic heterocycles. The summed E-state index contributed by atoms with van der Waals surface area (Å²) in [5, 5.41) is 2.94. The maximum absolute atomic E-state index is 12.3. The molecule has 1 saturated heterocycles. The first kappa shape index (κ1) is 17.5. The van der Waals surface area contributed by atoms with Gasteiger partial charge in [0.15, 0.2) is 0 Å². The van der Waals surface area contributed by atoms with Crippen molar-refractivity contribution in [3.05, 3.63) is 0 Å². The molecular weight excluding hydrogens is 371 g/mol. The Balaban J connectivity index is 2.78. The Bertz CT molecular complexity index is 349. The van der Waals surface area contributed by atoms with Gasteiger partial charge in [0.05, 0.1) is 0 Å². The van der Waals surface area contributed by atoms with Crippen molar-refractivity contribution in [1.82, 2.24) is 10.2 Å². The Morgan fingerprint density at radius 2 is 1.75 bits per heavy atom. The standard InChI is InChI=1S/C14H25IN2O3/c1-13(2,3)16-11(18)10-7-9(15)8-17(10)12(19)20-14(4,5)6/h9-10H,7-8H2,1-6H3,(H,16,18)/t9-,10-/m0/s1. The third kappa shape index (κ3) is 5.46. The molecule has 2 amide bonds. The van der Waals surface area contributed by atoms with Gasteiger partial charge in [0.25, 0.3) is 0 Å². The molecule has 0 bridgehead atoms. The van der Waals surface area contributed by atoms with Crippen molar-refractivity contribution in [2.75, 3.05) is 6.54 Å².